The van der Waals surface area contributed by atoms with Gasteiger partial charge in [-0.05, 0) is 55.3 Å². The molecule has 0 spiro atoms. The van der Waals surface area contributed by atoms with E-state index in [1.807, 2.05) is 6.07 Å². The molecule has 7 nitrogen and oxygen atoms in total. The molecule has 4 rings (SSSR count). The first-order valence-electron chi connectivity index (χ1n) is 8.37. The zero-order chi connectivity index (χ0) is 18.1. The lowest BCUT2D eigenvalue weighted by Crippen LogP contribution is -2.17. The number of anilines is 1. The quantitative estimate of drug-likeness (QED) is 0.743. The van der Waals surface area contributed by atoms with E-state index in [0.717, 1.165) is 37.2 Å². The number of hydrogen-bond donors (Lipinski definition) is 2. The van der Waals surface area contributed by atoms with Gasteiger partial charge >= 0.3 is 5.97 Å². The Hall–Kier alpha value is -3.35. The van der Waals surface area contributed by atoms with Gasteiger partial charge in [0.2, 0.25) is 11.8 Å². The molecule has 1 fully saturated rings. The molecule has 1 aliphatic rings. The van der Waals surface area contributed by atoms with E-state index in [4.69, 9.17) is 9.52 Å². The Morgan fingerprint density at radius 3 is 2.23 bits per heavy atom. The molecule has 0 radical (unpaired) electrons. The molecule has 132 valence electrons. The topological polar surface area (TPSA) is 99.7 Å². The maximum absolute atomic E-state index is 10.9. The molecule has 3 aromatic rings. The third kappa shape index (κ3) is 2.99. The lowest BCUT2D eigenvalue weighted by atomic mass is 10.1. The van der Waals surface area contributed by atoms with Crippen molar-refractivity contribution in [1.82, 2.24) is 10.2 Å². The van der Waals surface area contributed by atoms with E-state index in [1.54, 1.807) is 24.3 Å². The van der Waals surface area contributed by atoms with Crippen molar-refractivity contribution in [2.75, 3.05) is 18.0 Å². The van der Waals surface area contributed by atoms with Gasteiger partial charge in [0.15, 0.2) is 0 Å². The van der Waals surface area contributed by atoms with Crippen LogP contribution in [0.3, 0.4) is 0 Å². The summed E-state index contributed by atoms with van der Waals surface area (Å²) in [4.78, 5) is 13.1. The van der Waals surface area contributed by atoms with E-state index >= 15 is 0 Å². The maximum Gasteiger partial charge on any atom is 0.335 e. The average Bonchev–Trinajstić information content (AvgIpc) is 3.34. The molecule has 0 bridgehead atoms. The lowest BCUT2D eigenvalue weighted by molar-refractivity contribution is 0.0697. The summed E-state index contributed by atoms with van der Waals surface area (Å²) in [5, 5.41) is 27.2. The Balaban J connectivity index is 1.63. The number of aromatic nitrogens is 2. The molecule has 2 N–H and O–H groups in total. The van der Waals surface area contributed by atoms with Crippen LogP contribution in [0.2, 0.25) is 0 Å². The SMILES string of the molecule is O=C(O)c1ccc(-c2nnc(-c3ccc(O)c(N4CCCC4)c3)o2)cc1. The van der Waals surface area contributed by atoms with Crippen LogP contribution in [0, 0.1) is 0 Å². The van der Waals surface area contributed by atoms with Gasteiger partial charge in [0, 0.05) is 24.2 Å². The number of carboxylic acids is 1. The van der Waals surface area contributed by atoms with E-state index < -0.39 is 5.97 Å². The molecule has 0 aliphatic carbocycles. The number of carbonyl (C=O) groups is 1. The number of phenols is 1. The predicted molar refractivity (Wildman–Crippen MR) is 95.2 cm³/mol. The van der Waals surface area contributed by atoms with Crippen LogP contribution in [0.15, 0.2) is 46.9 Å². The lowest BCUT2D eigenvalue weighted by Gasteiger charge is -2.19. The minimum absolute atomic E-state index is 0.197. The van der Waals surface area contributed by atoms with Crippen molar-refractivity contribution in [2.24, 2.45) is 0 Å². The smallest absolute Gasteiger partial charge is 0.335 e. The summed E-state index contributed by atoms with van der Waals surface area (Å²) in [5.74, 6) is -0.0866. The minimum Gasteiger partial charge on any atom is -0.506 e. The number of benzene rings is 2. The molecule has 1 saturated heterocycles. The first-order valence-corrected chi connectivity index (χ1v) is 8.37. The van der Waals surface area contributed by atoms with E-state index in [1.165, 1.54) is 12.1 Å². The second-order valence-electron chi connectivity index (χ2n) is 6.19. The first kappa shape index (κ1) is 16.1. The van der Waals surface area contributed by atoms with Crippen molar-refractivity contribution >= 4 is 11.7 Å². The number of phenolic OH excluding ortho intramolecular Hbond substituents is 1. The van der Waals surface area contributed by atoms with Gasteiger partial charge in [0.1, 0.15) is 5.75 Å². The third-order valence-electron chi connectivity index (χ3n) is 4.47. The molecule has 0 unspecified atom stereocenters. The standard InChI is InChI=1S/C19H17N3O4/c23-16-8-7-14(11-15(16)22-9-1-2-10-22)18-21-20-17(26-18)12-3-5-13(6-4-12)19(24)25/h3-8,11,23H,1-2,9-10H2,(H,24,25). The van der Waals surface area contributed by atoms with Crippen molar-refractivity contribution in [3.05, 3.63) is 48.0 Å². The maximum atomic E-state index is 10.9. The van der Waals surface area contributed by atoms with Crippen LogP contribution >= 0.6 is 0 Å². The monoisotopic (exact) mass is 351 g/mol. The van der Waals surface area contributed by atoms with Crippen LogP contribution in [0.4, 0.5) is 5.69 Å². The van der Waals surface area contributed by atoms with Gasteiger partial charge in [-0.3, -0.25) is 0 Å². The highest BCUT2D eigenvalue weighted by atomic mass is 16.4. The molecular formula is C19H17N3O4. The summed E-state index contributed by atoms with van der Waals surface area (Å²) in [5.41, 5.74) is 2.34. The van der Waals surface area contributed by atoms with Crippen LogP contribution in [-0.4, -0.2) is 39.5 Å². The van der Waals surface area contributed by atoms with Gasteiger partial charge in [-0.25, -0.2) is 4.79 Å². The summed E-state index contributed by atoms with van der Waals surface area (Å²) in [6, 6.07) is 11.5. The number of carboxylic acid groups (broad SMARTS) is 1. The fraction of sp³-hybridized carbons (Fsp3) is 0.211. The van der Waals surface area contributed by atoms with Crippen LogP contribution < -0.4 is 4.90 Å². The summed E-state index contributed by atoms with van der Waals surface area (Å²) >= 11 is 0. The van der Waals surface area contributed by atoms with Gasteiger partial charge in [0.25, 0.3) is 0 Å². The summed E-state index contributed by atoms with van der Waals surface area (Å²) < 4.78 is 5.74. The molecule has 0 saturated carbocycles. The zero-order valence-electron chi connectivity index (χ0n) is 13.9. The van der Waals surface area contributed by atoms with Crippen molar-refractivity contribution in [2.45, 2.75) is 12.8 Å². The van der Waals surface area contributed by atoms with Crippen molar-refractivity contribution in [3.63, 3.8) is 0 Å². The predicted octanol–water partition coefficient (Wildman–Crippen LogP) is 3.41. The molecule has 2 aromatic carbocycles. The number of rotatable bonds is 4. The first-order chi connectivity index (χ1) is 12.6. The Labute approximate surface area is 149 Å². The van der Waals surface area contributed by atoms with Crippen LogP contribution in [-0.2, 0) is 0 Å². The van der Waals surface area contributed by atoms with E-state index in [9.17, 15) is 9.90 Å². The highest BCUT2D eigenvalue weighted by Gasteiger charge is 2.18. The second-order valence-corrected chi connectivity index (χ2v) is 6.19. The number of hydrogen-bond acceptors (Lipinski definition) is 6. The number of nitrogens with zero attached hydrogens (tertiary/aromatic N) is 3. The highest BCUT2D eigenvalue weighted by Crippen LogP contribution is 2.34. The molecule has 2 heterocycles. The molecule has 7 heteroatoms. The van der Waals surface area contributed by atoms with Crippen LogP contribution in [0.1, 0.15) is 23.2 Å². The van der Waals surface area contributed by atoms with Gasteiger partial charge in [0.05, 0.1) is 11.3 Å². The molecule has 0 atom stereocenters. The molecule has 1 aromatic heterocycles. The van der Waals surface area contributed by atoms with E-state index in [0.29, 0.717) is 17.3 Å². The fourth-order valence-corrected chi connectivity index (χ4v) is 3.08. The Bertz CT molecular complexity index is 944. The van der Waals surface area contributed by atoms with Gasteiger partial charge in [-0.15, -0.1) is 10.2 Å². The zero-order valence-corrected chi connectivity index (χ0v) is 13.9. The normalized spacial score (nSPS) is 13.9. The second kappa shape index (κ2) is 6.51. The van der Waals surface area contributed by atoms with Crippen molar-refractivity contribution in [3.8, 4) is 28.7 Å². The Kier molecular flexibility index (Phi) is 4.04. The van der Waals surface area contributed by atoms with Gasteiger partial charge in [-0.1, -0.05) is 0 Å². The van der Waals surface area contributed by atoms with Crippen LogP contribution in [0.25, 0.3) is 22.9 Å². The summed E-state index contributed by atoms with van der Waals surface area (Å²) in [6.45, 7) is 1.84. The van der Waals surface area contributed by atoms with Crippen molar-refractivity contribution < 1.29 is 19.4 Å². The summed E-state index contributed by atoms with van der Waals surface area (Å²) in [6.07, 6.45) is 2.22. The molecular weight excluding hydrogens is 334 g/mol. The average molecular weight is 351 g/mol. The number of aromatic hydroxyl groups is 1. The minimum atomic E-state index is -0.985. The summed E-state index contributed by atoms with van der Waals surface area (Å²) in [7, 11) is 0. The Morgan fingerprint density at radius 2 is 1.58 bits per heavy atom. The van der Waals surface area contributed by atoms with Gasteiger partial charge < -0.3 is 19.5 Å². The largest absolute Gasteiger partial charge is 0.506 e. The Morgan fingerprint density at radius 1 is 0.962 bits per heavy atom. The van der Waals surface area contributed by atoms with Gasteiger partial charge in [-0.2, -0.15) is 0 Å². The van der Waals surface area contributed by atoms with Crippen molar-refractivity contribution in [1.29, 1.82) is 0 Å². The molecule has 1 aliphatic heterocycles. The van der Waals surface area contributed by atoms with Crippen LogP contribution in [0.5, 0.6) is 5.75 Å². The van der Waals surface area contributed by atoms with E-state index in [-0.39, 0.29) is 11.3 Å². The fourth-order valence-electron chi connectivity index (χ4n) is 3.08. The van der Waals surface area contributed by atoms with E-state index in [2.05, 4.69) is 15.1 Å². The highest BCUT2D eigenvalue weighted by molar-refractivity contribution is 5.88. The molecule has 0 amide bonds. The molecule has 26 heavy (non-hydrogen) atoms. The third-order valence-corrected chi connectivity index (χ3v) is 4.47. The number of aromatic carboxylic acids is 1.